The lowest BCUT2D eigenvalue weighted by atomic mass is 9.88. The molecule has 2 aromatic rings. The van der Waals surface area contributed by atoms with Gasteiger partial charge in [-0.25, -0.2) is 9.18 Å². The number of ether oxygens (including phenoxy) is 1. The van der Waals surface area contributed by atoms with Crippen LogP contribution in [0, 0.1) is 11.7 Å². The van der Waals surface area contributed by atoms with Gasteiger partial charge >= 0.3 is 5.97 Å². The zero-order valence-electron chi connectivity index (χ0n) is 17.3. The van der Waals surface area contributed by atoms with Crippen LogP contribution in [0.2, 0.25) is 0 Å². The molecule has 0 amide bonds. The molecule has 2 unspecified atom stereocenters. The molecule has 2 aliphatic rings. The van der Waals surface area contributed by atoms with Gasteiger partial charge in [-0.1, -0.05) is 13.3 Å². The van der Waals surface area contributed by atoms with Gasteiger partial charge < -0.3 is 25.0 Å². The molecule has 1 saturated carbocycles. The molecule has 0 spiro atoms. The van der Waals surface area contributed by atoms with Crippen LogP contribution in [0.4, 0.5) is 10.1 Å². The van der Waals surface area contributed by atoms with Crippen LogP contribution in [0.15, 0.2) is 17.1 Å². The van der Waals surface area contributed by atoms with Gasteiger partial charge in [0.2, 0.25) is 5.43 Å². The van der Waals surface area contributed by atoms with Crippen molar-refractivity contribution in [3.8, 4) is 5.75 Å². The highest BCUT2D eigenvalue weighted by molar-refractivity contribution is 5.97. The van der Waals surface area contributed by atoms with Crippen LogP contribution in [0.25, 0.3) is 10.9 Å². The van der Waals surface area contributed by atoms with Gasteiger partial charge in [0.15, 0.2) is 11.6 Å². The smallest absolute Gasteiger partial charge is 0.341 e. The third kappa shape index (κ3) is 3.64. The summed E-state index contributed by atoms with van der Waals surface area (Å²) >= 11 is 0. The quantitative estimate of drug-likeness (QED) is 0.640. The van der Waals surface area contributed by atoms with Gasteiger partial charge in [0, 0.05) is 24.8 Å². The number of hydrogen-bond donors (Lipinski definition) is 3. The number of piperidine rings is 1. The van der Waals surface area contributed by atoms with Gasteiger partial charge in [0.1, 0.15) is 11.3 Å². The van der Waals surface area contributed by atoms with E-state index < -0.39 is 17.2 Å². The molecule has 1 saturated heterocycles. The number of rotatable bonds is 7. The molecule has 3 N–H and O–H groups in total. The summed E-state index contributed by atoms with van der Waals surface area (Å²) in [7, 11) is 1.44. The predicted molar refractivity (Wildman–Crippen MR) is 113 cm³/mol. The molecule has 1 aliphatic heterocycles. The number of pyridine rings is 1. The summed E-state index contributed by atoms with van der Waals surface area (Å²) < 4.78 is 22.4. The van der Waals surface area contributed by atoms with Crippen molar-refractivity contribution in [3.05, 3.63) is 33.9 Å². The topological polar surface area (TPSA) is 92.6 Å². The minimum atomic E-state index is -1.31. The first kappa shape index (κ1) is 20.7. The van der Waals surface area contributed by atoms with Crippen molar-refractivity contribution in [3.63, 3.8) is 0 Å². The maximum Gasteiger partial charge on any atom is 0.341 e. The molecule has 2 atom stereocenters. The molecule has 0 radical (unpaired) electrons. The number of carboxylic acid groups (broad SMARTS) is 1. The Morgan fingerprint density at radius 3 is 2.80 bits per heavy atom. The minimum Gasteiger partial charge on any atom is -0.492 e. The second kappa shape index (κ2) is 8.26. The Bertz CT molecular complexity index is 1030. The number of aromatic nitrogens is 1. The monoisotopic (exact) mass is 417 g/mol. The van der Waals surface area contributed by atoms with Crippen LogP contribution in [0.3, 0.4) is 0 Å². The summed E-state index contributed by atoms with van der Waals surface area (Å²) in [6.07, 6.45) is 6.46. The molecule has 1 aromatic carbocycles. The van der Waals surface area contributed by atoms with E-state index in [9.17, 15) is 14.7 Å². The van der Waals surface area contributed by atoms with Crippen LogP contribution >= 0.6 is 0 Å². The molecular formula is C22H28FN3O4. The average molecular weight is 417 g/mol. The molecular weight excluding hydrogens is 389 g/mol. The second-order valence-electron chi connectivity index (χ2n) is 8.23. The first-order chi connectivity index (χ1) is 14.5. The van der Waals surface area contributed by atoms with Crippen molar-refractivity contribution in [2.24, 2.45) is 5.92 Å². The van der Waals surface area contributed by atoms with E-state index in [1.54, 1.807) is 4.57 Å². The van der Waals surface area contributed by atoms with Crippen molar-refractivity contribution >= 4 is 22.6 Å². The zero-order chi connectivity index (χ0) is 21.4. The van der Waals surface area contributed by atoms with Gasteiger partial charge in [-0.05, 0) is 44.2 Å². The number of nitrogens with one attached hydrogen (secondary N) is 2. The first-order valence-corrected chi connectivity index (χ1v) is 10.6. The van der Waals surface area contributed by atoms with Crippen LogP contribution in [0.1, 0.15) is 55.4 Å². The van der Waals surface area contributed by atoms with Gasteiger partial charge in [-0.2, -0.15) is 0 Å². The molecule has 4 rings (SSSR count). The fourth-order valence-electron chi connectivity index (χ4n) is 4.57. The molecule has 2 heterocycles. The van der Waals surface area contributed by atoms with Crippen LogP contribution < -0.4 is 20.8 Å². The number of carbonyl (C=O) groups is 1. The van der Waals surface area contributed by atoms with Gasteiger partial charge in [0.25, 0.3) is 0 Å². The molecule has 0 bridgehead atoms. The molecule has 2 fully saturated rings. The lowest BCUT2D eigenvalue weighted by Crippen LogP contribution is -2.45. The molecule has 162 valence electrons. The number of anilines is 1. The predicted octanol–water partition coefficient (Wildman–Crippen LogP) is 3.37. The van der Waals surface area contributed by atoms with Crippen molar-refractivity contribution in [2.75, 3.05) is 25.5 Å². The van der Waals surface area contributed by atoms with Crippen LogP contribution in [-0.4, -0.2) is 41.9 Å². The van der Waals surface area contributed by atoms with E-state index in [1.807, 2.05) is 0 Å². The fourth-order valence-corrected chi connectivity index (χ4v) is 4.57. The SMILES string of the molecule is CCC1CCCNC1CNc1c(F)cc2c(=O)c(C(=O)O)cn(C3CC3)c2c1OC. The second-order valence-corrected chi connectivity index (χ2v) is 8.23. The average Bonchev–Trinajstić information content (AvgIpc) is 3.58. The first-order valence-electron chi connectivity index (χ1n) is 10.6. The number of aromatic carboxylic acids is 1. The fraction of sp³-hybridized carbons (Fsp3) is 0.545. The van der Waals surface area contributed by atoms with E-state index in [1.165, 1.54) is 13.3 Å². The van der Waals surface area contributed by atoms with Crippen LogP contribution in [-0.2, 0) is 0 Å². The summed E-state index contributed by atoms with van der Waals surface area (Å²) in [5.41, 5.74) is -0.390. The summed E-state index contributed by atoms with van der Waals surface area (Å²) in [5.74, 6) is -1.17. The zero-order valence-corrected chi connectivity index (χ0v) is 17.3. The Kier molecular flexibility index (Phi) is 5.69. The number of fused-ring (bicyclic) bond motifs is 1. The van der Waals surface area contributed by atoms with Gasteiger partial charge in [0.05, 0.1) is 18.0 Å². The Balaban J connectivity index is 1.80. The van der Waals surface area contributed by atoms with E-state index >= 15 is 4.39 Å². The van der Waals surface area contributed by atoms with Crippen LogP contribution in [0.5, 0.6) is 5.75 Å². The molecule has 30 heavy (non-hydrogen) atoms. The summed E-state index contributed by atoms with van der Waals surface area (Å²) in [6, 6.07) is 1.45. The van der Waals surface area contributed by atoms with Crippen molar-refractivity contribution in [1.82, 2.24) is 9.88 Å². The van der Waals surface area contributed by atoms with E-state index in [0.29, 0.717) is 18.0 Å². The highest BCUT2D eigenvalue weighted by atomic mass is 19.1. The number of nitrogens with zero attached hydrogens (tertiary/aromatic N) is 1. The third-order valence-corrected chi connectivity index (χ3v) is 6.35. The van der Waals surface area contributed by atoms with E-state index in [2.05, 4.69) is 17.6 Å². The Labute approximate surface area is 174 Å². The minimum absolute atomic E-state index is 0.0314. The largest absolute Gasteiger partial charge is 0.492 e. The standard InChI is InChI=1S/C22H28FN3O4/c1-3-12-5-4-8-24-17(12)10-25-18-16(23)9-14-19(21(18)30-2)26(13-6-7-13)11-15(20(14)27)22(28)29/h9,11-13,17,24-25H,3-8,10H2,1-2H3,(H,28,29). The number of halogens is 1. The van der Waals surface area contributed by atoms with Crippen molar-refractivity contribution < 1.29 is 19.0 Å². The molecule has 7 nitrogen and oxygen atoms in total. The Morgan fingerprint density at radius 2 is 2.17 bits per heavy atom. The van der Waals surface area contributed by atoms with Gasteiger partial charge in [-0.3, -0.25) is 4.79 Å². The lowest BCUT2D eigenvalue weighted by Gasteiger charge is -2.32. The number of benzene rings is 1. The highest BCUT2D eigenvalue weighted by Crippen LogP contribution is 2.42. The number of carboxylic acids is 1. The van der Waals surface area contributed by atoms with E-state index in [-0.39, 0.29) is 34.5 Å². The Hall–Kier alpha value is -2.61. The Morgan fingerprint density at radius 1 is 1.40 bits per heavy atom. The van der Waals surface area contributed by atoms with E-state index in [4.69, 9.17) is 4.74 Å². The maximum absolute atomic E-state index is 15.1. The normalized spacial score (nSPS) is 21.6. The summed E-state index contributed by atoms with van der Waals surface area (Å²) in [6.45, 7) is 3.65. The van der Waals surface area contributed by atoms with Crippen molar-refractivity contribution in [1.29, 1.82) is 0 Å². The molecule has 1 aliphatic carbocycles. The number of methoxy groups -OCH3 is 1. The summed E-state index contributed by atoms with van der Waals surface area (Å²) in [5, 5.41) is 16.2. The molecule has 8 heteroatoms. The third-order valence-electron chi connectivity index (χ3n) is 6.35. The summed E-state index contributed by atoms with van der Waals surface area (Å²) in [4.78, 5) is 24.3. The lowest BCUT2D eigenvalue weighted by molar-refractivity contribution is 0.0695. The highest BCUT2D eigenvalue weighted by Gasteiger charge is 2.30. The van der Waals surface area contributed by atoms with Gasteiger partial charge in [-0.15, -0.1) is 0 Å². The number of hydrogen-bond acceptors (Lipinski definition) is 5. The van der Waals surface area contributed by atoms with Crippen molar-refractivity contribution in [2.45, 2.75) is 51.1 Å². The molecule has 1 aromatic heterocycles. The maximum atomic E-state index is 15.1. The van der Waals surface area contributed by atoms with E-state index in [0.717, 1.165) is 44.7 Å².